The van der Waals surface area contributed by atoms with Gasteiger partial charge in [-0.3, -0.25) is 19.0 Å². The van der Waals surface area contributed by atoms with Gasteiger partial charge < -0.3 is 10.1 Å². The summed E-state index contributed by atoms with van der Waals surface area (Å²) in [6, 6.07) is 7.01. The van der Waals surface area contributed by atoms with Gasteiger partial charge in [0.15, 0.2) is 0 Å². The molecule has 0 atom stereocenters. The van der Waals surface area contributed by atoms with Crippen LogP contribution < -0.4 is 14.8 Å². The first-order valence-corrected chi connectivity index (χ1v) is 11.3. The summed E-state index contributed by atoms with van der Waals surface area (Å²) in [5.74, 6) is 2.11. The lowest BCUT2D eigenvalue weighted by atomic mass is 9.69. The number of aldehydes is 1. The highest BCUT2D eigenvalue weighted by atomic mass is 32.2. The van der Waals surface area contributed by atoms with E-state index in [1.807, 2.05) is 27.7 Å². The smallest absolute Gasteiger partial charge is 0.251 e. The number of nitrogens with one attached hydrogen (secondary N) is 3. The Bertz CT molecular complexity index is 783. The fourth-order valence-electron chi connectivity index (χ4n) is 1.65. The van der Waals surface area contributed by atoms with Crippen LogP contribution in [0.4, 0.5) is 0 Å². The Morgan fingerprint density at radius 2 is 1.69 bits per heavy atom. The van der Waals surface area contributed by atoms with E-state index < -0.39 is 5.41 Å². The quantitative estimate of drug-likeness (QED) is 0.192. The van der Waals surface area contributed by atoms with Crippen LogP contribution in [0.15, 0.2) is 41.3 Å². The number of hydrogen-bond donors (Lipinski definition) is 4. The summed E-state index contributed by atoms with van der Waals surface area (Å²) in [5.41, 5.74) is 0.439. The van der Waals surface area contributed by atoms with Crippen molar-refractivity contribution >= 4 is 42.9 Å². The molecule has 0 saturated carbocycles. The second kappa shape index (κ2) is 16.4. The molecule has 0 spiro atoms. The van der Waals surface area contributed by atoms with Gasteiger partial charge in [0.2, 0.25) is 5.91 Å². The van der Waals surface area contributed by atoms with Crippen LogP contribution in [0.25, 0.3) is 0 Å². The van der Waals surface area contributed by atoms with Gasteiger partial charge in [-0.25, -0.2) is 0 Å². The van der Waals surface area contributed by atoms with Gasteiger partial charge >= 0.3 is 0 Å². The third-order valence-corrected chi connectivity index (χ3v) is 5.53. The average Bonchev–Trinajstić information content (AvgIpc) is 2.76. The first-order chi connectivity index (χ1) is 14.8. The van der Waals surface area contributed by atoms with E-state index in [4.69, 9.17) is 6.42 Å². The van der Waals surface area contributed by atoms with Crippen LogP contribution in [0.1, 0.15) is 58.3 Å². The summed E-state index contributed by atoms with van der Waals surface area (Å²) in [6.07, 6.45) is 6.18. The van der Waals surface area contributed by atoms with Gasteiger partial charge in [0.25, 0.3) is 5.91 Å². The van der Waals surface area contributed by atoms with Crippen LogP contribution >= 0.6 is 24.8 Å². The van der Waals surface area contributed by atoms with Crippen molar-refractivity contribution in [2.45, 2.75) is 52.9 Å². The molecule has 1 rings (SSSR count). The van der Waals surface area contributed by atoms with Gasteiger partial charge in [0.1, 0.15) is 6.29 Å². The van der Waals surface area contributed by atoms with E-state index in [0.717, 1.165) is 16.8 Å². The van der Waals surface area contributed by atoms with E-state index in [9.17, 15) is 14.4 Å². The van der Waals surface area contributed by atoms with Crippen molar-refractivity contribution in [3.05, 3.63) is 42.0 Å². The van der Waals surface area contributed by atoms with Crippen LogP contribution in [-0.4, -0.2) is 31.7 Å². The molecule has 0 radical (unpaired) electrons. The summed E-state index contributed by atoms with van der Waals surface area (Å²) in [6.45, 7) is 15.1. The third kappa shape index (κ3) is 13.3. The topological polar surface area (TPSA) is 87.3 Å². The molecule has 2 amide bonds. The Hall–Kier alpha value is -2.21. The largest absolute Gasteiger partial charge is 0.351 e. The zero-order valence-electron chi connectivity index (χ0n) is 20.2. The number of amides is 2. The minimum Gasteiger partial charge on any atom is -0.351 e. The first-order valence-electron chi connectivity index (χ1n) is 10.0. The molecule has 3 N–H and O–H groups in total. The van der Waals surface area contributed by atoms with Crippen molar-refractivity contribution in [1.29, 1.82) is 0 Å². The first kappa shape index (κ1) is 32.0. The Morgan fingerprint density at radius 3 is 2.06 bits per heavy atom. The van der Waals surface area contributed by atoms with Crippen LogP contribution in [0.2, 0.25) is 0 Å². The number of hydrogen-bond acceptors (Lipinski definition) is 6. The standard InChI is InChI=1S/C18H26N2O3S.C5H6.CH5NS/c1-6-15(22)20-24-14-9-7-13(8-10-14)16(23)19-11-17(2,3)18(4,5)12-21;1-4-5(2)3;1-2-3/h7-10,12H,6,11H2,1-5H3,(H,19,23)(H,20,22);1H,2H2,3H3;2-3H,1H3. The molecule has 0 aliphatic rings. The van der Waals surface area contributed by atoms with E-state index in [-0.39, 0.29) is 17.2 Å². The fraction of sp³-hybridized carbons (Fsp3) is 0.458. The molecule has 0 unspecified atom stereocenters. The molecular formula is C24H37N3O3S2. The van der Waals surface area contributed by atoms with Crippen LogP contribution in [0.3, 0.4) is 0 Å². The van der Waals surface area contributed by atoms with Crippen molar-refractivity contribution in [3.63, 3.8) is 0 Å². The van der Waals surface area contributed by atoms with Gasteiger partial charge in [-0.1, -0.05) is 59.9 Å². The molecule has 0 saturated heterocycles. The second-order valence-electron chi connectivity index (χ2n) is 8.06. The molecule has 0 aromatic heterocycles. The molecule has 0 bridgehead atoms. The zero-order valence-corrected chi connectivity index (χ0v) is 21.9. The molecule has 0 aliphatic carbocycles. The van der Waals surface area contributed by atoms with Crippen molar-refractivity contribution in [3.8, 4) is 12.3 Å². The number of thiol groups is 1. The highest BCUT2D eigenvalue weighted by molar-refractivity contribution is 7.98. The predicted molar refractivity (Wildman–Crippen MR) is 138 cm³/mol. The van der Waals surface area contributed by atoms with Crippen LogP contribution in [0, 0.1) is 23.2 Å². The molecule has 6 nitrogen and oxygen atoms in total. The van der Waals surface area contributed by atoms with Crippen LogP contribution in [-0.2, 0) is 9.59 Å². The molecule has 8 heteroatoms. The summed E-state index contributed by atoms with van der Waals surface area (Å²) >= 11 is 4.77. The van der Waals surface area contributed by atoms with Gasteiger partial charge in [-0.05, 0) is 61.2 Å². The molecular weight excluding hydrogens is 442 g/mol. The zero-order chi connectivity index (χ0) is 25.4. The molecule has 1 aromatic carbocycles. The van der Waals surface area contributed by atoms with E-state index >= 15 is 0 Å². The molecule has 32 heavy (non-hydrogen) atoms. The minimum atomic E-state index is -0.530. The lowest BCUT2D eigenvalue weighted by Gasteiger charge is -2.37. The summed E-state index contributed by atoms with van der Waals surface area (Å²) in [4.78, 5) is 35.5. The molecule has 178 valence electrons. The maximum atomic E-state index is 12.3. The van der Waals surface area contributed by atoms with Gasteiger partial charge in [0, 0.05) is 28.8 Å². The van der Waals surface area contributed by atoms with Gasteiger partial charge in [0.05, 0.1) is 0 Å². The van der Waals surface area contributed by atoms with Crippen LogP contribution in [0.5, 0.6) is 0 Å². The maximum Gasteiger partial charge on any atom is 0.251 e. The lowest BCUT2D eigenvalue weighted by molar-refractivity contribution is -0.120. The Kier molecular flexibility index (Phi) is 16.4. The number of benzene rings is 1. The number of carbonyl (C=O) groups is 3. The van der Waals surface area contributed by atoms with Crippen molar-refractivity contribution in [1.82, 2.24) is 14.8 Å². The Balaban J connectivity index is 0. The molecule has 0 heterocycles. The van der Waals surface area contributed by atoms with Crippen molar-refractivity contribution < 1.29 is 14.4 Å². The lowest BCUT2D eigenvalue weighted by Crippen LogP contribution is -2.43. The SMILES string of the molecule is C#CC(=C)C.CCC(=O)NSc1ccc(C(=O)NCC(C)(C)C(C)(C)C=O)cc1.CNS. The van der Waals surface area contributed by atoms with Crippen molar-refractivity contribution in [2.24, 2.45) is 10.8 Å². The number of terminal acetylenes is 1. The summed E-state index contributed by atoms with van der Waals surface area (Å²) in [7, 11) is 1.74. The fourth-order valence-corrected chi connectivity index (χ4v) is 2.30. The monoisotopic (exact) mass is 479 g/mol. The van der Waals surface area contributed by atoms with E-state index in [2.05, 4.69) is 40.1 Å². The summed E-state index contributed by atoms with van der Waals surface area (Å²) in [5, 5.41) is 2.88. The Labute approximate surface area is 203 Å². The third-order valence-electron chi connectivity index (χ3n) is 4.70. The minimum absolute atomic E-state index is 0.0400. The Morgan fingerprint density at radius 1 is 1.22 bits per heavy atom. The van der Waals surface area contributed by atoms with Gasteiger partial charge in [-0.15, -0.1) is 6.42 Å². The number of carbonyl (C=O) groups excluding carboxylic acids is 3. The number of allylic oxidation sites excluding steroid dienone is 1. The van der Waals surface area contributed by atoms with E-state index in [1.54, 1.807) is 45.2 Å². The predicted octanol–water partition coefficient (Wildman–Crippen LogP) is 4.45. The normalized spacial score (nSPS) is 10.2. The maximum absolute atomic E-state index is 12.3. The summed E-state index contributed by atoms with van der Waals surface area (Å²) < 4.78 is 5.15. The van der Waals surface area contributed by atoms with E-state index in [0.29, 0.717) is 18.5 Å². The van der Waals surface area contributed by atoms with Gasteiger partial charge in [-0.2, -0.15) is 0 Å². The molecule has 1 aromatic rings. The molecule has 0 fully saturated rings. The van der Waals surface area contributed by atoms with E-state index in [1.165, 1.54) is 11.9 Å². The highest BCUT2D eigenvalue weighted by Gasteiger charge is 2.36. The van der Waals surface area contributed by atoms with Crippen molar-refractivity contribution in [2.75, 3.05) is 13.6 Å². The molecule has 0 aliphatic heterocycles. The second-order valence-corrected chi connectivity index (χ2v) is 9.39. The number of rotatable bonds is 8. The average molecular weight is 480 g/mol. The highest BCUT2D eigenvalue weighted by Crippen LogP contribution is 2.35.